The molecule has 8 heteroatoms. The third kappa shape index (κ3) is 3.24. The predicted molar refractivity (Wildman–Crippen MR) is 84.2 cm³/mol. The van der Waals surface area contributed by atoms with Crippen LogP contribution in [0.3, 0.4) is 0 Å². The molecule has 2 rings (SSSR count). The van der Waals surface area contributed by atoms with Gasteiger partial charge in [0.1, 0.15) is 5.37 Å². The third-order valence-electron chi connectivity index (χ3n) is 2.91. The van der Waals surface area contributed by atoms with Gasteiger partial charge in [-0.1, -0.05) is 23.2 Å². The molecular weight excluding hydrogens is 327 g/mol. The van der Waals surface area contributed by atoms with Crippen LogP contribution in [-0.4, -0.2) is 38.1 Å². The fourth-order valence-electron chi connectivity index (χ4n) is 2.05. The third-order valence-corrected chi connectivity index (χ3v) is 6.12. The Morgan fingerprint density at radius 2 is 1.95 bits per heavy atom. The Balaban J connectivity index is 2.50. The van der Waals surface area contributed by atoms with E-state index in [1.54, 1.807) is 28.8 Å². The summed E-state index contributed by atoms with van der Waals surface area (Å²) >= 11 is 14.0. The summed E-state index contributed by atoms with van der Waals surface area (Å²) in [7, 11) is -3.21. The molecule has 0 spiro atoms. The van der Waals surface area contributed by atoms with Gasteiger partial charge in [-0.25, -0.2) is 8.42 Å². The van der Waals surface area contributed by atoms with Crippen LogP contribution >= 0.6 is 35.0 Å². The molecule has 1 heterocycles. The molecule has 1 aromatic carbocycles. The monoisotopic (exact) mass is 340 g/mol. The van der Waals surface area contributed by atoms with Crippen LogP contribution in [0.15, 0.2) is 12.1 Å². The molecule has 0 radical (unpaired) electrons. The number of nitrogens with zero attached hydrogens (tertiary/aromatic N) is 1. The Bertz CT molecular complexity index is 569. The molecule has 19 heavy (non-hydrogen) atoms. The lowest BCUT2D eigenvalue weighted by atomic mass is 10.2. The minimum atomic E-state index is -3.21. The highest BCUT2D eigenvalue weighted by Crippen LogP contribution is 2.39. The Hall–Kier alpha value is -0.300. The number of sulfone groups is 1. The van der Waals surface area contributed by atoms with Gasteiger partial charge in [-0.15, -0.1) is 0 Å². The summed E-state index contributed by atoms with van der Waals surface area (Å²) in [6.07, 6.45) is 1.23. The molecule has 1 aromatic rings. The lowest BCUT2D eigenvalue weighted by Gasteiger charge is -2.36. The number of anilines is 2. The molecule has 2 N–H and O–H groups in total. The van der Waals surface area contributed by atoms with Crippen molar-refractivity contribution < 1.29 is 8.42 Å². The van der Waals surface area contributed by atoms with E-state index < -0.39 is 15.2 Å². The van der Waals surface area contributed by atoms with Crippen molar-refractivity contribution in [3.8, 4) is 0 Å². The van der Waals surface area contributed by atoms with Gasteiger partial charge in [-0.3, -0.25) is 0 Å². The van der Waals surface area contributed by atoms with Crippen molar-refractivity contribution in [2.24, 2.45) is 0 Å². The van der Waals surface area contributed by atoms with Crippen LogP contribution in [0.1, 0.15) is 0 Å². The van der Waals surface area contributed by atoms with Crippen molar-refractivity contribution in [3.63, 3.8) is 0 Å². The fraction of sp³-hybridized carbons (Fsp3) is 0.455. The number of thioether (sulfide) groups is 1. The molecule has 1 aliphatic rings. The highest BCUT2D eigenvalue weighted by atomic mass is 35.5. The van der Waals surface area contributed by atoms with Crippen LogP contribution in [0.4, 0.5) is 11.4 Å². The van der Waals surface area contributed by atoms with Crippen molar-refractivity contribution in [3.05, 3.63) is 22.2 Å². The lowest BCUT2D eigenvalue weighted by molar-refractivity contribution is 0.584. The Labute approximate surface area is 127 Å². The topological polar surface area (TPSA) is 63.4 Å². The van der Waals surface area contributed by atoms with Gasteiger partial charge in [0, 0.05) is 30.0 Å². The second-order valence-electron chi connectivity index (χ2n) is 4.39. The summed E-state index contributed by atoms with van der Waals surface area (Å²) in [4.78, 5) is 1.76. The van der Waals surface area contributed by atoms with E-state index in [1.165, 1.54) is 6.26 Å². The van der Waals surface area contributed by atoms with Crippen molar-refractivity contribution in [1.29, 1.82) is 0 Å². The highest BCUT2D eigenvalue weighted by molar-refractivity contribution is 8.01. The fourth-order valence-corrected chi connectivity index (χ4v) is 5.60. The van der Waals surface area contributed by atoms with Crippen LogP contribution in [0.2, 0.25) is 10.0 Å². The van der Waals surface area contributed by atoms with E-state index in [9.17, 15) is 8.42 Å². The summed E-state index contributed by atoms with van der Waals surface area (Å²) < 4.78 is 23.8. The first kappa shape index (κ1) is 15.1. The number of nitrogens with two attached hydrogens (primary N) is 1. The number of hydrogen-bond donors (Lipinski definition) is 1. The van der Waals surface area contributed by atoms with Crippen molar-refractivity contribution in [2.45, 2.75) is 5.37 Å². The second kappa shape index (κ2) is 5.60. The van der Waals surface area contributed by atoms with Crippen molar-refractivity contribution >= 4 is 56.2 Å². The second-order valence-corrected chi connectivity index (χ2v) is 8.55. The number of halogens is 2. The minimum absolute atomic E-state index is 0.380. The first-order valence-electron chi connectivity index (χ1n) is 5.58. The van der Waals surface area contributed by atoms with Gasteiger partial charge >= 0.3 is 0 Å². The van der Waals surface area contributed by atoms with E-state index in [2.05, 4.69) is 0 Å². The molecule has 1 unspecified atom stereocenters. The van der Waals surface area contributed by atoms with Crippen molar-refractivity contribution in [2.75, 3.05) is 34.9 Å². The zero-order valence-electron chi connectivity index (χ0n) is 10.3. The van der Waals surface area contributed by atoms with Crippen LogP contribution < -0.4 is 10.6 Å². The van der Waals surface area contributed by atoms with E-state index in [-0.39, 0.29) is 0 Å². The molecule has 0 amide bonds. The van der Waals surface area contributed by atoms with Crippen LogP contribution in [0, 0.1) is 0 Å². The Morgan fingerprint density at radius 3 is 2.47 bits per heavy atom. The summed E-state index contributed by atoms with van der Waals surface area (Å²) in [5.74, 6) is 1.35. The maximum absolute atomic E-state index is 11.9. The quantitative estimate of drug-likeness (QED) is 0.838. The summed E-state index contributed by atoms with van der Waals surface area (Å²) in [6, 6.07) is 3.17. The highest BCUT2D eigenvalue weighted by Gasteiger charge is 2.33. The summed E-state index contributed by atoms with van der Waals surface area (Å²) in [6.45, 7) is 0.589. The molecule has 1 aliphatic heterocycles. The standard InChI is InChI=1S/C11H14Cl2N2O2S2/c1-19(16,17)10-6-18-3-2-15(10)11-8(12)4-7(14)5-9(11)13/h4-5,10H,2-3,6,14H2,1H3. The number of hydrogen-bond acceptors (Lipinski definition) is 5. The zero-order chi connectivity index (χ0) is 14.2. The van der Waals surface area contributed by atoms with E-state index in [0.29, 0.717) is 33.7 Å². The first-order chi connectivity index (χ1) is 8.80. The number of nitrogen functional groups attached to an aromatic ring is 1. The smallest absolute Gasteiger partial charge is 0.169 e. The van der Waals surface area contributed by atoms with Crippen LogP contribution in [0.5, 0.6) is 0 Å². The minimum Gasteiger partial charge on any atom is -0.399 e. The summed E-state index contributed by atoms with van der Waals surface area (Å²) in [5.41, 5.74) is 6.68. The van der Waals surface area contributed by atoms with Gasteiger partial charge in [0.2, 0.25) is 0 Å². The lowest BCUT2D eigenvalue weighted by Crippen LogP contribution is -2.47. The normalized spacial score (nSPS) is 20.6. The van der Waals surface area contributed by atoms with E-state index in [1.807, 2.05) is 0 Å². The van der Waals surface area contributed by atoms with Gasteiger partial charge in [0.25, 0.3) is 0 Å². The molecule has 4 nitrogen and oxygen atoms in total. The SMILES string of the molecule is CS(=O)(=O)C1CSCCN1c1c(Cl)cc(N)cc1Cl. The molecule has 0 saturated carbocycles. The van der Waals surface area contributed by atoms with Crippen LogP contribution in [0.25, 0.3) is 0 Å². The maximum atomic E-state index is 11.9. The summed E-state index contributed by atoms with van der Waals surface area (Å²) in [5, 5.41) is 0.154. The Kier molecular flexibility index (Phi) is 4.45. The molecule has 0 aromatic heterocycles. The van der Waals surface area contributed by atoms with Gasteiger partial charge < -0.3 is 10.6 Å². The van der Waals surface area contributed by atoms with E-state index >= 15 is 0 Å². The average Bonchev–Trinajstić information content (AvgIpc) is 2.26. The largest absolute Gasteiger partial charge is 0.399 e. The van der Waals surface area contributed by atoms with Crippen LogP contribution in [-0.2, 0) is 9.84 Å². The van der Waals surface area contributed by atoms with Gasteiger partial charge in [-0.2, -0.15) is 11.8 Å². The molecule has 1 saturated heterocycles. The Morgan fingerprint density at radius 1 is 1.37 bits per heavy atom. The molecular formula is C11H14Cl2N2O2S2. The van der Waals surface area contributed by atoms with Gasteiger partial charge in [-0.05, 0) is 12.1 Å². The van der Waals surface area contributed by atoms with Gasteiger partial charge in [0.15, 0.2) is 9.84 Å². The molecule has 0 aliphatic carbocycles. The molecule has 1 fully saturated rings. The average molecular weight is 341 g/mol. The molecule has 0 bridgehead atoms. The zero-order valence-corrected chi connectivity index (χ0v) is 13.4. The van der Waals surface area contributed by atoms with E-state index in [0.717, 1.165) is 5.75 Å². The maximum Gasteiger partial charge on any atom is 0.169 e. The number of benzene rings is 1. The first-order valence-corrected chi connectivity index (χ1v) is 9.45. The van der Waals surface area contributed by atoms with Gasteiger partial charge in [0.05, 0.1) is 15.7 Å². The van der Waals surface area contributed by atoms with E-state index in [4.69, 9.17) is 28.9 Å². The molecule has 1 atom stereocenters. The number of rotatable bonds is 2. The predicted octanol–water partition coefficient (Wildman–Crippen LogP) is 2.50. The van der Waals surface area contributed by atoms with Crippen molar-refractivity contribution in [1.82, 2.24) is 0 Å². The molecule has 106 valence electrons.